The molecule has 0 saturated carbocycles. The van der Waals surface area contributed by atoms with Crippen LogP contribution in [0.5, 0.6) is 0 Å². The Morgan fingerprint density at radius 1 is 1.44 bits per heavy atom. The number of hydrogen-bond acceptors (Lipinski definition) is 5. The van der Waals surface area contributed by atoms with Crippen LogP contribution in [0.1, 0.15) is 19.3 Å². The second kappa shape index (κ2) is 6.25. The Labute approximate surface area is 112 Å². The summed E-state index contributed by atoms with van der Waals surface area (Å²) in [6, 6.07) is 0.226. The highest BCUT2D eigenvalue weighted by Gasteiger charge is 2.31. The average Bonchev–Trinajstić information content (AvgIpc) is 2.67. The van der Waals surface area contributed by atoms with E-state index in [1.807, 2.05) is 11.8 Å². The Balaban J connectivity index is 1.71. The van der Waals surface area contributed by atoms with Gasteiger partial charge in [-0.2, -0.15) is 11.8 Å². The molecule has 2 rings (SSSR count). The van der Waals surface area contributed by atoms with Crippen LogP contribution < -0.4 is 10.6 Å². The van der Waals surface area contributed by atoms with Crippen molar-refractivity contribution in [1.29, 1.82) is 0 Å². The minimum atomic E-state index is -2.95. The third-order valence-corrected chi connectivity index (χ3v) is 6.83. The highest BCUT2D eigenvalue weighted by molar-refractivity contribution is 7.99. The first kappa shape index (κ1) is 14.1. The molecule has 104 valence electrons. The minimum Gasteiger partial charge on any atom is -0.355 e. The Bertz CT molecular complexity index is 391. The lowest BCUT2D eigenvalue weighted by Gasteiger charge is -2.22. The molecular formula is C11H20N2O3S2. The lowest BCUT2D eigenvalue weighted by atomic mass is 10.2. The van der Waals surface area contributed by atoms with Crippen molar-refractivity contribution in [3.63, 3.8) is 0 Å². The van der Waals surface area contributed by atoms with E-state index in [1.54, 1.807) is 0 Å². The van der Waals surface area contributed by atoms with Crippen LogP contribution in [0, 0.1) is 0 Å². The SMILES string of the molecule is O=C(CC1CSCCN1)NCC1CCCS1(=O)=O. The summed E-state index contributed by atoms with van der Waals surface area (Å²) in [7, 11) is -2.95. The van der Waals surface area contributed by atoms with E-state index in [2.05, 4.69) is 10.6 Å². The fourth-order valence-corrected chi connectivity index (χ4v) is 5.08. The number of nitrogens with one attached hydrogen (secondary N) is 2. The predicted molar refractivity (Wildman–Crippen MR) is 73.6 cm³/mol. The van der Waals surface area contributed by atoms with E-state index < -0.39 is 9.84 Å². The number of carbonyl (C=O) groups excluding carboxylic acids is 1. The van der Waals surface area contributed by atoms with Gasteiger partial charge in [-0.05, 0) is 12.8 Å². The van der Waals surface area contributed by atoms with Crippen molar-refractivity contribution >= 4 is 27.5 Å². The van der Waals surface area contributed by atoms with Crippen LogP contribution in [0.15, 0.2) is 0 Å². The maximum Gasteiger partial charge on any atom is 0.221 e. The first-order chi connectivity index (χ1) is 8.58. The monoisotopic (exact) mass is 292 g/mol. The molecule has 0 aromatic rings. The van der Waals surface area contributed by atoms with Gasteiger partial charge in [0.05, 0.1) is 11.0 Å². The van der Waals surface area contributed by atoms with Crippen molar-refractivity contribution in [3.8, 4) is 0 Å². The molecule has 0 bridgehead atoms. The van der Waals surface area contributed by atoms with E-state index in [0.717, 1.165) is 24.5 Å². The fourth-order valence-electron chi connectivity index (χ4n) is 2.36. The molecule has 2 unspecified atom stereocenters. The molecule has 2 saturated heterocycles. The maximum absolute atomic E-state index is 11.7. The molecule has 0 aromatic carbocycles. The molecule has 5 nitrogen and oxygen atoms in total. The zero-order chi connectivity index (χ0) is 13.0. The lowest BCUT2D eigenvalue weighted by Crippen LogP contribution is -2.43. The van der Waals surface area contributed by atoms with Crippen molar-refractivity contribution in [1.82, 2.24) is 10.6 Å². The Morgan fingerprint density at radius 2 is 2.28 bits per heavy atom. The Kier molecular flexibility index (Phi) is 4.91. The number of hydrogen-bond donors (Lipinski definition) is 2. The Hall–Kier alpha value is -0.270. The molecular weight excluding hydrogens is 272 g/mol. The Morgan fingerprint density at radius 3 is 2.89 bits per heavy atom. The third kappa shape index (κ3) is 3.86. The third-order valence-electron chi connectivity index (χ3n) is 3.42. The van der Waals surface area contributed by atoms with Crippen LogP contribution in [0.3, 0.4) is 0 Å². The van der Waals surface area contributed by atoms with Crippen LogP contribution >= 0.6 is 11.8 Å². The standard InChI is InChI=1S/C11H20N2O3S2/c14-11(6-9-8-17-4-3-12-9)13-7-10-2-1-5-18(10,15)16/h9-10,12H,1-8H2,(H,13,14). The van der Waals surface area contributed by atoms with Crippen molar-refractivity contribution in [2.75, 3.05) is 30.3 Å². The second-order valence-corrected chi connectivity index (χ2v) is 8.42. The van der Waals surface area contributed by atoms with Crippen LogP contribution in [-0.4, -0.2) is 56.0 Å². The average molecular weight is 292 g/mol. The van der Waals surface area contributed by atoms with Crippen molar-refractivity contribution < 1.29 is 13.2 Å². The largest absolute Gasteiger partial charge is 0.355 e. The number of thioether (sulfide) groups is 1. The summed E-state index contributed by atoms with van der Waals surface area (Å²) in [6.45, 7) is 1.22. The van der Waals surface area contributed by atoms with Gasteiger partial charge in [-0.15, -0.1) is 0 Å². The summed E-state index contributed by atoms with van der Waals surface area (Å²) in [5.74, 6) is 2.28. The number of sulfone groups is 1. The van der Waals surface area contributed by atoms with Gasteiger partial charge in [0.15, 0.2) is 9.84 Å². The van der Waals surface area contributed by atoms with E-state index in [-0.39, 0.29) is 29.5 Å². The van der Waals surface area contributed by atoms with Gasteiger partial charge in [0, 0.05) is 37.1 Å². The highest BCUT2D eigenvalue weighted by Crippen LogP contribution is 2.19. The first-order valence-electron chi connectivity index (χ1n) is 6.37. The minimum absolute atomic E-state index is 0.0444. The van der Waals surface area contributed by atoms with Gasteiger partial charge in [-0.25, -0.2) is 8.42 Å². The molecule has 2 fully saturated rings. The zero-order valence-corrected chi connectivity index (χ0v) is 12.0. The maximum atomic E-state index is 11.7. The van der Waals surface area contributed by atoms with E-state index in [4.69, 9.17) is 0 Å². The van der Waals surface area contributed by atoms with Gasteiger partial charge in [-0.1, -0.05) is 0 Å². The molecule has 2 N–H and O–H groups in total. The summed E-state index contributed by atoms with van der Waals surface area (Å²) < 4.78 is 23.2. The topological polar surface area (TPSA) is 75.3 Å². The van der Waals surface area contributed by atoms with Crippen LogP contribution in [0.25, 0.3) is 0 Å². The van der Waals surface area contributed by atoms with Crippen molar-refractivity contribution in [2.24, 2.45) is 0 Å². The van der Waals surface area contributed by atoms with E-state index in [1.165, 1.54) is 0 Å². The first-order valence-corrected chi connectivity index (χ1v) is 9.24. The molecule has 2 atom stereocenters. The summed E-state index contributed by atoms with van der Waals surface area (Å²) in [4.78, 5) is 11.7. The summed E-state index contributed by atoms with van der Waals surface area (Å²) in [5.41, 5.74) is 0. The molecule has 0 spiro atoms. The predicted octanol–water partition coefficient (Wildman–Crippen LogP) is -0.225. The van der Waals surface area contributed by atoms with Crippen LogP contribution in [0.4, 0.5) is 0 Å². The molecule has 0 aromatic heterocycles. The van der Waals surface area contributed by atoms with Gasteiger partial charge in [0.25, 0.3) is 0 Å². The number of rotatable bonds is 4. The lowest BCUT2D eigenvalue weighted by molar-refractivity contribution is -0.121. The van der Waals surface area contributed by atoms with Crippen LogP contribution in [-0.2, 0) is 14.6 Å². The fraction of sp³-hybridized carbons (Fsp3) is 0.909. The summed E-state index contributed by atoms with van der Waals surface area (Å²) in [6.07, 6.45) is 1.85. The van der Waals surface area contributed by atoms with Gasteiger partial charge in [0.2, 0.25) is 5.91 Å². The van der Waals surface area contributed by atoms with Gasteiger partial charge in [0.1, 0.15) is 0 Å². The van der Waals surface area contributed by atoms with Crippen LogP contribution in [0.2, 0.25) is 0 Å². The molecule has 0 radical (unpaired) electrons. The smallest absolute Gasteiger partial charge is 0.221 e. The van der Waals surface area contributed by atoms with Crippen molar-refractivity contribution in [2.45, 2.75) is 30.6 Å². The molecule has 18 heavy (non-hydrogen) atoms. The van der Waals surface area contributed by atoms with E-state index >= 15 is 0 Å². The molecule has 2 aliphatic rings. The van der Waals surface area contributed by atoms with E-state index in [9.17, 15) is 13.2 Å². The number of amides is 1. The van der Waals surface area contributed by atoms with E-state index in [0.29, 0.717) is 12.8 Å². The molecule has 7 heteroatoms. The zero-order valence-electron chi connectivity index (χ0n) is 10.4. The summed E-state index contributed by atoms with van der Waals surface area (Å²) in [5, 5.41) is 5.69. The van der Waals surface area contributed by atoms with Crippen molar-refractivity contribution in [3.05, 3.63) is 0 Å². The molecule has 2 aliphatic heterocycles. The molecule has 2 heterocycles. The highest BCUT2D eigenvalue weighted by atomic mass is 32.2. The van der Waals surface area contributed by atoms with Gasteiger partial charge >= 0.3 is 0 Å². The number of carbonyl (C=O) groups is 1. The quantitative estimate of drug-likeness (QED) is 0.749. The van der Waals surface area contributed by atoms with Gasteiger partial charge in [-0.3, -0.25) is 4.79 Å². The summed E-state index contributed by atoms with van der Waals surface area (Å²) >= 11 is 1.85. The second-order valence-electron chi connectivity index (χ2n) is 4.87. The normalized spacial score (nSPS) is 31.1. The van der Waals surface area contributed by atoms with Gasteiger partial charge < -0.3 is 10.6 Å². The molecule has 1 amide bonds. The molecule has 0 aliphatic carbocycles.